The first-order chi connectivity index (χ1) is 20.5. The molecule has 5 nitrogen and oxygen atoms in total. The fraction of sp³-hybridized carbons (Fsp3) is 0.389. The van der Waals surface area contributed by atoms with Gasteiger partial charge in [0.05, 0.1) is 22.9 Å². The third-order valence-electron chi connectivity index (χ3n) is 6.70. The van der Waals surface area contributed by atoms with Gasteiger partial charge in [-0.05, 0) is 77.5 Å². The van der Waals surface area contributed by atoms with Gasteiger partial charge in [-0.15, -0.1) is 6.58 Å². The van der Waals surface area contributed by atoms with Crippen LogP contribution in [0.15, 0.2) is 102 Å². The average molecular weight is 595 g/mol. The highest BCUT2D eigenvalue weighted by Crippen LogP contribution is 2.31. The highest BCUT2D eigenvalue weighted by molar-refractivity contribution is 6.17. The Morgan fingerprint density at radius 2 is 1.65 bits per heavy atom. The lowest BCUT2D eigenvalue weighted by atomic mass is 10.00. The summed E-state index contributed by atoms with van der Waals surface area (Å²) in [5, 5.41) is 0. The van der Waals surface area contributed by atoms with Crippen LogP contribution in [0, 0.1) is 5.82 Å². The molecule has 0 aromatic heterocycles. The summed E-state index contributed by atoms with van der Waals surface area (Å²) >= 11 is 0. The average Bonchev–Trinajstić information content (AvgIpc) is 3.10. The van der Waals surface area contributed by atoms with Crippen LogP contribution >= 0.6 is 0 Å². The van der Waals surface area contributed by atoms with Crippen molar-refractivity contribution in [2.75, 3.05) is 37.6 Å². The monoisotopic (exact) mass is 594 g/mol. The molecule has 0 saturated heterocycles. The second-order valence-electron chi connectivity index (χ2n) is 9.71. The van der Waals surface area contributed by atoms with Gasteiger partial charge in [0.2, 0.25) is 0 Å². The standard InChI is InChI=1S/C23H28FN3.C6H13N.C4H6O.C3H5F/c1-5-26(6-2)15-16-27-18(4)17(3)25-23(19-11-13-20(24)14-12-19)21-9-7-8-10-22(21)27;1-3-6(4-2)5-7;1-2-3-4-5;1-3(2)4/h7-14H,5-6,15-16H2,1-4H3;3H,4-5,7H2,1-2H3;2,4H,1,3H2;1H2,2H3/b;6-3+;;. The molecule has 0 amide bonds. The zero-order valence-corrected chi connectivity index (χ0v) is 27.3. The van der Waals surface area contributed by atoms with Crippen molar-refractivity contribution < 1.29 is 13.6 Å². The van der Waals surface area contributed by atoms with Gasteiger partial charge >= 0.3 is 0 Å². The Morgan fingerprint density at radius 3 is 2.07 bits per heavy atom. The van der Waals surface area contributed by atoms with E-state index in [-0.39, 0.29) is 11.6 Å². The van der Waals surface area contributed by atoms with E-state index in [1.165, 1.54) is 24.6 Å². The summed E-state index contributed by atoms with van der Waals surface area (Å²) < 4.78 is 24.2. The molecule has 1 aliphatic heterocycles. The molecule has 7 heteroatoms. The Labute approximate surface area is 259 Å². The summed E-state index contributed by atoms with van der Waals surface area (Å²) in [6, 6.07) is 15.0. The van der Waals surface area contributed by atoms with Crippen LogP contribution in [0.4, 0.5) is 14.5 Å². The van der Waals surface area contributed by atoms with Gasteiger partial charge in [-0.2, -0.15) is 0 Å². The van der Waals surface area contributed by atoms with Gasteiger partial charge in [0.25, 0.3) is 0 Å². The largest absolute Gasteiger partial charge is 0.342 e. The minimum absolute atomic E-state index is 0.231. The molecule has 0 aliphatic carbocycles. The molecule has 2 aromatic carbocycles. The first-order valence-electron chi connectivity index (χ1n) is 14.9. The van der Waals surface area contributed by atoms with Crippen LogP contribution in [0.2, 0.25) is 0 Å². The lowest BCUT2D eigenvalue weighted by molar-refractivity contribution is -0.107. The van der Waals surface area contributed by atoms with E-state index >= 15 is 0 Å². The van der Waals surface area contributed by atoms with Crippen LogP contribution in [-0.2, 0) is 4.79 Å². The van der Waals surface area contributed by atoms with E-state index < -0.39 is 0 Å². The third-order valence-corrected chi connectivity index (χ3v) is 6.70. The molecule has 2 aromatic rings. The van der Waals surface area contributed by atoms with E-state index in [9.17, 15) is 13.6 Å². The number of anilines is 1. The van der Waals surface area contributed by atoms with E-state index in [0.717, 1.165) is 72.8 Å². The second kappa shape index (κ2) is 22.9. The van der Waals surface area contributed by atoms with Crippen LogP contribution in [-0.4, -0.2) is 49.6 Å². The van der Waals surface area contributed by atoms with Crippen molar-refractivity contribution in [1.29, 1.82) is 0 Å². The summed E-state index contributed by atoms with van der Waals surface area (Å²) in [7, 11) is 0. The first-order valence-corrected chi connectivity index (χ1v) is 14.9. The lowest BCUT2D eigenvalue weighted by Crippen LogP contribution is -2.34. The fourth-order valence-corrected chi connectivity index (χ4v) is 4.03. The number of likely N-dealkylation sites (N-methyl/N-ethyl adjacent to an activating group) is 1. The Bertz CT molecular complexity index is 1200. The fourth-order valence-electron chi connectivity index (χ4n) is 4.03. The van der Waals surface area contributed by atoms with Crippen LogP contribution < -0.4 is 10.6 Å². The molecular weight excluding hydrogens is 542 g/mol. The van der Waals surface area contributed by atoms with Crippen molar-refractivity contribution in [3.8, 4) is 0 Å². The number of carbonyl (C=O) groups excluding carboxylic acids is 1. The van der Waals surface area contributed by atoms with E-state index in [2.05, 4.69) is 81.9 Å². The smallest absolute Gasteiger partial charge is 0.123 e. The van der Waals surface area contributed by atoms with Crippen molar-refractivity contribution in [3.05, 3.63) is 114 Å². The number of aldehydes is 1. The highest BCUT2D eigenvalue weighted by Gasteiger charge is 2.22. The number of nitrogens with two attached hydrogens (primary N) is 1. The van der Waals surface area contributed by atoms with E-state index in [1.54, 1.807) is 18.2 Å². The summed E-state index contributed by atoms with van der Waals surface area (Å²) in [5.74, 6) is -0.564. The molecule has 3 rings (SSSR count). The molecule has 0 unspecified atom stereocenters. The number of halogens is 2. The quantitative estimate of drug-likeness (QED) is 0.221. The van der Waals surface area contributed by atoms with Crippen LogP contribution in [0.25, 0.3) is 0 Å². The molecular formula is C36H52F2N4O. The summed E-state index contributed by atoms with van der Waals surface area (Å²) in [6.07, 6.45) is 6.01. The van der Waals surface area contributed by atoms with Crippen LogP contribution in [0.1, 0.15) is 72.4 Å². The number of aliphatic imine (C=N–C) groups is 1. The zero-order valence-electron chi connectivity index (χ0n) is 27.3. The number of hydrogen-bond donors (Lipinski definition) is 1. The molecule has 0 bridgehead atoms. The number of rotatable bonds is 10. The normalized spacial score (nSPS) is 12.3. The second-order valence-corrected chi connectivity index (χ2v) is 9.71. The molecule has 0 fully saturated rings. The number of carbonyl (C=O) groups is 1. The van der Waals surface area contributed by atoms with Crippen molar-refractivity contribution >= 4 is 17.7 Å². The summed E-state index contributed by atoms with van der Waals surface area (Å²) in [5.41, 5.74) is 12.9. The first kappa shape index (κ1) is 39.3. The minimum atomic E-state index is -0.333. The van der Waals surface area contributed by atoms with Crippen molar-refractivity contribution in [3.63, 3.8) is 0 Å². The maximum atomic E-state index is 13.4. The van der Waals surface area contributed by atoms with Gasteiger partial charge in [-0.25, -0.2) is 8.78 Å². The molecule has 0 atom stereocenters. The van der Waals surface area contributed by atoms with E-state index in [0.29, 0.717) is 13.0 Å². The number of nitrogens with zero attached hydrogens (tertiary/aromatic N) is 3. The Kier molecular flexibility index (Phi) is 20.9. The van der Waals surface area contributed by atoms with Gasteiger partial charge < -0.3 is 20.3 Å². The zero-order chi connectivity index (χ0) is 32.8. The molecule has 43 heavy (non-hydrogen) atoms. The summed E-state index contributed by atoms with van der Waals surface area (Å²) in [4.78, 5) is 19.1. The molecule has 0 saturated carbocycles. The van der Waals surface area contributed by atoms with Gasteiger partial charge in [0.15, 0.2) is 0 Å². The molecule has 2 N–H and O–H groups in total. The third kappa shape index (κ3) is 14.9. The van der Waals surface area contributed by atoms with Crippen LogP contribution in [0.3, 0.4) is 0 Å². The predicted molar refractivity (Wildman–Crippen MR) is 182 cm³/mol. The Balaban J connectivity index is 0.000000908. The van der Waals surface area contributed by atoms with Gasteiger partial charge in [-0.1, -0.05) is 63.3 Å². The Morgan fingerprint density at radius 1 is 1.07 bits per heavy atom. The van der Waals surface area contributed by atoms with Crippen LogP contribution in [0.5, 0.6) is 0 Å². The number of fused-ring (bicyclic) bond motifs is 1. The predicted octanol–water partition coefficient (Wildman–Crippen LogP) is 8.63. The van der Waals surface area contributed by atoms with E-state index in [4.69, 9.17) is 10.7 Å². The number of para-hydroxylation sites is 1. The number of benzene rings is 2. The van der Waals surface area contributed by atoms with E-state index in [1.807, 2.05) is 13.0 Å². The molecule has 0 spiro atoms. The molecule has 236 valence electrons. The Hall–Kier alpha value is -3.68. The number of hydrogen-bond acceptors (Lipinski definition) is 5. The number of allylic oxidation sites excluding steroid dienone is 5. The summed E-state index contributed by atoms with van der Waals surface area (Å²) in [6.45, 7) is 24.9. The molecule has 1 aliphatic rings. The highest BCUT2D eigenvalue weighted by atomic mass is 19.1. The maximum absolute atomic E-state index is 13.4. The SMILES string of the molecule is C/C=C(\CC)CN.C=C(C)F.C=CCC=O.CCN(CC)CCN1C(C)=C(C)N=C(c2ccc(F)cc2)c2ccccc21. The lowest BCUT2D eigenvalue weighted by Gasteiger charge is -2.29. The van der Waals surface area contributed by atoms with Gasteiger partial charge in [-0.3, -0.25) is 4.99 Å². The maximum Gasteiger partial charge on any atom is 0.123 e. The topological polar surface area (TPSA) is 61.9 Å². The van der Waals surface area contributed by atoms with Crippen molar-refractivity contribution in [2.24, 2.45) is 10.7 Å². The van der Waals surface area contributed by atoms with Crippen molar-refractivity contribution in [2.45, 2.75) is 61.3 Å². The molecule has 0 radical (unpaired) electrons. The minimum Gasteiger partial charge on any atom is -0.342 e. The van der Waals surface area contributed by atoms with Crippen molar-refractivity contribution in [1.82, 2.24) is 4.90 Å². The van der Waals surface area contributed by atoms with Gasteiger partial charge in [0, 0.05) is 42.9 Å². The molecule has 1 heterocycles. The van der Waals surface area contributed by atoms with Gasteiger partial charge in [0.1, 0.15) is 12.1 Å².